The highest BCUT2D eigenvalue weighted by Crippen LogP contribution is 2.28. The molecule has 0 spiro atoms. The maximum Gasteiger partial charge on any atom is 0.0981 e. The van der Waals surface area contributed by atoms with Crippen molar-refractivity contribution < 1.29 is 5.11 Å². The molecular weight excluding hydrogens is 316 g/mol. The van der Waals surface area contributed by atoms with E-state index in [9.17, 15) is 5.11 Å². The van der Waals surface area contributed by atoms with E-state index in [0.717, 1.165) is 36.3 Å². The van der Waals surface area contributed by atoms with Crippen LogP contribution in [0.25, 0.3) is 11.3 Å². The van der Waals surface area contributed by atoms with E-state index in [1.807, 2.05) is 6.20 Å². The molecule has 1 aliphatic heterocycles. The number of hydrogen-bond acceptors (Lipinski definition) is 5. The number of nitrogens with one attached hydrogen (secondary N) is 1. The summed E-state index contributed by atoms with van der Waals surface area (Å²) in [6.45, 7) is 4.79. The molecule has 1 aliphatic rings. The average Bonchev–Trinajstić information content (AvgIpc) is 3.30. The Morgan fingerprint density at radius 1 is 1.36 bits per heavy atom. The average molecular weight is 338 g/mol. The predicted octanol–water partition coefficient (Wildman–Crippen LogP) is 1.61. The van der Waals surface area contributed by atoms with E-state index in [1.54, 1.807) is 17.1 Å². The SMILES string of the molecule is Cc1cccc(-c2[nH]ncc2CN2CCC(O)(Cn3ccnn3)C2)c1. The fourth-order valence-corrected chi connectivity index (χ4v) is 3.55. The Bertz CT molecular complexity index is 843. The van der Waals surface area contributed by atoms with E-state index < -0.39 is 5.60 Å². The van der Waals surface area contributed by atoms with Gasteiger partial charge < -0.3 is 5.11 Å². The van der Waals surface area contributed by atoms with Crippen molar-refractivity contribution in [2.45, 2.75) is 32.0 Å². The van der Waals surface area contributed by atoms with Gasteiger partial charge >= 0.3 is 0 Å². The molecule has 1 saturated heterocycles. The van der Waals surface area contributed by atoms with E-state index in [2.05, 4.69) is 56.6 Å². The molecule has 0 aliphatic carbocycles. The molecule has 2 N–H and O–H groups in total. The summed E-state index contributed by atoms with van der Waals surface area (Å²) in [5.41, 5.74) is 3.80. The van der Waals surface area contributed by atoms with E-state index in [4.69, 9.17) is 0 Å². The maximum atomic E-state index is 10.8. The summed E-state index contributed by atoms with van der Waals surface area (Å²) in [5.74, 6) is 0. The monoisotopic (exact) mass is 338 g/mol. The second kappa shape index (κ2) is 6.42. The van der Waals surface area contributed by atoms with Crippen LogP contribution in [0.3, 0.4) is 0 Å². The van der Waals surface area contributed by atoms with Crippen molar-refractivity contribution in [3.63, 3.8) is 0 Å². The number of rotatable bonds is 5. The lowest BCUT2D eigenvalue weighted by atomic mass is 10.0. The van der Waals surface area contributed by atoms with Crippen molar-refractivity contribution in [2.75, 3.05) is 13.1 Å². The normalized spacial score (nSPS) is 21.0. The Hall–Kier alpha value is -2.51. The van der Waals surface area contributed by atoms with Gasteiger partial charge in [0.1, 0.15) is 0 Å². The van der Waals surface area contributed by atoms with Gasteiger partial charge in [0.05, 0.1) is 30.2 Å². The number of aliphatic hydroxyl groups is 1. The number of H-pyrrole nitrogens is 1. The molecule has 0 amide bonds. The third-order valence-corrected chi connectivity index (χ3v) is 4.76. The second-order valence-corrected chi connectivity index (χ2v) is 6.93. The Kier molecular flexibility index (Phi) is 4.10. The van der Waals surface area contributed by atoms with Crippen LogP contribution in [0.5, 0.6) is 0 Å². The zero-order valence-corrected chi connectivity index (χ0v) is 14.3. The number of nitrogens with zero attached hydrogens (tertiary/aromatic N) is 5. The highest BCUT2D eigenvalue weighted by molar-refractivity contribution is 5.63. The Morgan fingerprint density at radius 3 is 3.08 bits per heavy atom. The maximum absolute atomic E-state index is 10.8. The van der Waals surface area contributed by atoms with Gasteiger partial charge in [0.25, 0.3) is 0 Å². The quantitative estimate of drug-likeness (QED) is 0.738. The number of aromatic nitrogens is 5. The molecule has 2 aromatic heterocycles. The van der Waals surface area contributed by atoms with Crippen LogP contribution in [-0.2, 0) is 13.1 Å². The molecule has 0 bridgehead atoms. The molecule has 1 aromatic carbocycles. The fourth-order valence-electron chi connectivity index (χ4n) is 3.55. The number of aromatic amines is 1. The van der Waals surface area contributed by atoms with Gasteiger partial charge in [-0.05, 0) is 19.4 Å². The van der Waals surface area contributed by atoms with Crippen LogP contribution in [0.4, 0.5) is 0 Å². The summed E-state index contributed by atoms with van der Waals surface area (Å²) in [4.78, 5) is 2.26. The van der Waals surface area contributed by atoms with Crippen LogP contribution < -0.4 is 0 Å². The van der Waals surface area contributed by atoms with Crippen molar-refractivity contribution >= 4 is 0 Å². The van der Waals surface area contributed by atoms with Crippen molar-refractivity contribution in [3.8, 4) is 11.3 Å². The van der Waals surface area contributed by atoms with Gasteiger partial charge in [0, 0.05) is 37.0 Å². The van der Waals surface area contributed by atoms with Crippen LogP contribution in [0.15, 0.2) is 42.9 Å². The summed E-state index contributed by atoms with van der Waals surface area (Å²) in [5, 5.41) is 25.9. The topological polar surface area (TPSA) is 82.9 Å². The lowest BCUT2D eigenvalue weighted by Gasteiger charge is -2.23. The van der Waals surface area contributed by atoms with Crippen LogP contribution in [0.1, 0.15) is 17.5 Å². The Balaban J connectivity index is 1.46. The van der Waals surface area contributed by atoms with Gasteiger partial charge in [-0.25, -0.2) is 4.68 Å². The number of hydrogen-bond donors (Lipinski definition) is 2. The van der Waals surface area contributed by atoms with Crippen molar-refractivity contribution in [3.05, 3.63) is 54.0 Å². The largest absolute Gasteiger partial charge is 0.387 e. The molecule has 4 rings (SSSR count). The minimum atomic E-state index is -0.763. The predicted molar refractivity (Wildman–Crippen MR) is 93.6 cm³/mol. The molecule has 3 heterocycles. The van der Waals surface area contributed by atoms with Crippen molar-refractivity contribution in [1.82, 2.24) is 30.1 Å². The molecule has 7 nitrogen and oxygen atoms in total. The molecular formula is C18H22N6O. The van der Waals surface area contributed by atoms with Gasteiger partial charge in [0.15, 0.2) is 0 Å². The smallest absolute Gasteiger partial charge is 0.0981 e. The van der Waals surface area contributed by atoms with Crippen LogP contribution in [-0.4, -0.2) is 53.9 Å². The summed E-state index contributed by atoms with van der Waals surface area (Å²) >= 11 is 0. The zero-order valence-electron chi connectivity index (χ0n) is 14.3. The number of likely N-dealkylation sites (tertiary alicyclic amines) is 1. The molecule has 0 saturated carbocycles. The van der Waals surface area contributed by atoms with Crippen molar-refractivity contribution in [1.29, 1.82) is 0 Å². The van der Waals surface area contributed by atoms with Gasteiger partial charge in [-0.1, -0.05) is 29.0 Å². The standard InChI is InChI=1S/C18H22N6O/c1-14-3-2-4-15(9-14)17-16(10-20-21-17)11-23-7-5-18(25,12-23)13-24-8-6-19-22-24/h2-4,6,8-10,25H,5,7,11-13H2,1H3,(H,20,21). The molecule has 0 radical (unpaired) electrons. The summed E-state index contributed by atoms with van der Waals surface area (Å²) in [6.07, 6.45) is 6.03. The van der Waals surface area contributed by atoms with E-state index in [0.29, 0.717) is 13.1 Å². The number of benzene rings is 1. The fraction of sp³-hybridized carbons (Fsp3) is 0.389. The number of aryl methyl sites for hydroxylation is 1. The van der Waals surface area contributed by atoms with E-state index in [-0.39, 0.29) is 0 Å². The van der Waals surface area contributed by atoms with Crippen LogP contribution >= 0.6 is 0 Å². The summed E-state index contributed by atoms with van der Waals surface area (Å²) in [7, 11) is 0. The molecule has 1 atom stereocenters. The Morgan fingerprint density at radius 2 is 2.28 bits per heavy atom. The zero-order chi connectivity index (χ0) is 17.3. The first-order chi connectivity index (χ1) is 12.1. The molecule has 1 fully saturated rings. The summed E-state index contributed by atoms with van der Waals surface area (Å²) < 4.78 is 1.69. The van der Waals surface area contributed by atoms with E-state index >= 15 is 0 Å². The molecule has 130 valence electrons. The van der Waals surface area contributed by atoms with Gasteiger partial charge in [-0.2, -0.15) is 5.10 Å². The van der Waals surface area contributed by atoms with Gasteiger partial charge in [-0.15, -0.1) is 5.10 Å². The molecule has 7 heteroatoms. The Labute approximate surface area is 146 Å². The summed E-state index contributed by atoms with van der Waals surface area (Å²) in [6, 6.07) is 8.39. The highest BCUT2D eigenvalue weighted by Gasteiger charge is 2.37. The first-order valence-electron chi connectivity index (χ1n) is 8.49. The van der Waals surface area contributed by atoms with Crippen LogP contribution in [0.2, 0.25) is 0 Å². The second-order valence-electron chi connectivity index (χ2n) is 6.93. The van der Waals surface area contributed by atoms with E-state index in [1.165, 1.54) is 5.56 Å². The first kappa shape index (κ1) is 16.0. The lowest BCUT2D eigenvalue weighted by molar-refractivity contribution is 0.0274. The van der Waals surface area contributed by atoms with Gasteiger partial charge in [-0.3, -0.25) is 10.00 Å². The minimum absolute atomic E-state index is 0.472. The first-order valence-corrected chi connectivity index (χ1v) is 8.49. The van der Waals surface area contributed by atoms with Crippen molar-refractivity contribution in [2.24, 2.45) is 0 Å². The highest BCUT2D eigenvalue weighted by atomic mass is 16.3. The minimum Gasteiger partial charge on any atom is -0.387 e. The molecule has 25 heavy (non-hydrogen) atoms. The lowest BCUT2D eigenvalue weighted by Crippen LogP contribution is -2.37. The third-order valence-electron chi connectivity index (χ3n) is 4.76. The number of β-amino-alcohol motifs (C(OH)–C–C–N with tert-alkyl or cyclic N) is 1. The van der Waals surface area contributed by atoms with Crippen LogP contribution in [0, 0.1) is 6.92 Å². The van der Waals surface area contributed by atoms with Gasteiger partial charge in [0.2, 0.25) is 0 Å². The molecule has 1 unspecified atom stereocenters. The molecule has 3 aromatic rings. The third kappa shape index (κ3) is 3.47.